The van der Waals surface area contributed by atoms with E-state index in [1.165, 1.54) is 12.1 Å². The highest BCUT2D eigenvalue weighted by Crippen LogP contribution is 2.20. The van der Waals surface area contributed by atoms with Crippen LogP contribution in [0.2, 0.25) is 5.02 Å². The highest BCUT2D eigenvalue weighted by atomic mass is 35.5. The Morgan fingerprint density at radius 3 is 2.45 bits per heavy atom. The molecule has 1 saturated heterocycles. The number of ether oxygens (including phenoxy) is 1. The van der Waals surface area contributed by atoms with Crippen LogP contribution in [-0.2, 0) is 9.59 Å². The van der Waals surface area contributed by atoms with E-state index in [2.05, 4.69) is 5.32 Å². The van der Waals surface area contributed by atoms with E-state index in [1.54, 1.807) is 35.2 Å². The normalized spacial score (nSPS) is 14.5. The van der Waals surface area contributed by atoms with Crippen LogP contribution in [0.5, 0.6) is 5.75 Å². The van der Waals surface area contributed by atoms with Crippen molar-refractivity contribution in [2.75, 3.05) is 44.6 Å². The van der Waals surface area contributed by atoms with Crippen molar-refractivity contribution in [1.82, 2.24) is 9.80 Å². The molecule has 2 aromatic rings. The van der Waals surface area contributed by atoms with Gasteiger partial charge in [-0.1, -0.05) is 35.9 Å². The van der Waals surface area contributed by atoms with Crippen LogP contribution in [0.1, 0.15) is 6.42 Å². The number of anilines is 1. The van der Waals surface area contributed by atoms with Crippen molar-refractivity contribution in [3.8, 4) is 5.75 Å². The zero-order valence-corrected chi connectivity index (χ0v) is 16.7. The molecule has 1 aliphatic heterocycles. The number of hydrogen-bond donors (Lipinski definition) is 1. The Bertz CT molecular complexity index is 857. The molecule has 29 heavy (non-hydrogen) atoms. The van der Waals surface area contributed by atoms with Crippen LogP contribution in [0, 0.1) is 5.82 Å². The molecule has 0 aromatic heterocycles. The number of amides is 2. The SMILES string of the molecule is O=C(CN1CCN(C(=O)CCOc2ccccc2F)CC1)Nc1ccccc1Cl. The van der Waals surface area contributed by atoms with Gasteiger partial charge in [0, 0.05) is 26.2 Å². The van der Waals surface area contributed by atoms with Gasteiger partial charge in [0.1, 0.15) is 0 Å². The van der Waals surface area contributed by atoms with Crippen molar-refractivity contribution >= 4 is 29.1 Å². The summed E-state index contributed by atoms with van der Waals surface area (Å²) in [5.41, 5.74) is 0.586. The van der Waals surface area contributed by atoms with E-state index in [0.717, 1.165) is 0 Å². The molecule has 6 nitrogen and oxygen atoms in total. The van der Waals surface area contributed by atoms with Gasteiger partial charge in [0.25, 0.3) is 0 Å². The lowest BCUT2D eigenvalue weighted by molar-refractivity contribution is -0.133. The summed E-state index contributed by atoms with van der Waals surface area (Å²) in [6.07, 6.45) is 0.182. The standard InChI is InChI=1S/C21H23ClFN3O3/c22-16-5-1-3-7-18(16)24-20(27)15-25-10-12-26(13-11-25)21(28)9-14-29-19-8-4-2-6-17(19)23/h1-8H,9-15H2,(H,24,27). The highest BCUT2D eigenvalue weighted by molar-refractivity contribution is 6.33. The van der Waals surface area contributed by atoms with Crippen LogP contribution < -0.4 is 10.1 Å². The summed E-state index contributed by atoms with van der Waals surface area (Å²) in [4.78, 5) is 28.3. The van der Waals surface area contributed by atoms with Gasteiger partial charge in [-0.3, -0.25) is 14.5 Å². The number of nitrogens with one attached hydrogen (secondary N) is 1. The molecular weight excluding hydrogens is 397 g/mol. The Morgan fingerprint density at radius 1 is 1.03 bits per heavy atom. The van der Waals surface area contributed by atoms with Gasteiger partial charge >= 0.3 is 0 Å². The number of rotatable bonds is 7. The van der Waals surface area contributed by atoms with Crippen molar-refractivity contribution in [3.05, 3.63) is 59.4 Å². The van der Waals surface area contributed by atoms with Crippen LogP contribution in [0.4, 0.5) is 10.1 Å². The number of carbonyl (C=O) groups excluding carboxylic acids is 2. The van der Waals surface area contributed by atoms with Crippen LogP contribution in [0.15, 0.2) is 48.5 Å². The quantitative estimate of drug-likeness (QED) is 0.749. The lowest BCUT2D eigenvalue weighted by atomic mass is 10.2. The number of halogens is 2. The molecule has 0 atom stereocenters. The van der Waals surface area contributed by atoms with Crippen molar-refractivity contribution in [1.29, 1.82) is 0 Å². The Hall–Kier alpha value is -2.64. The third-order valence-electron chi connectivity index (χ3n) is 4.65. The first-order valence-electron chi connectivity index (χ1n) is 9.45. The number of para-hydroxylation sites is 2. The fourth-order valence-corrected chi connectivity index (χ4v) is 3.26. The highest BCUT2D eigenvalue weighted by Gasteiger charge is 2.22. The van der Waals surface area contributed by atoms with Gasteiger partial charge in [-0.15, -0.1) is 0 Å². The largest absolute Gasteiger partial charge is 0.490 e. The second-order valence-corrected chi connectivity index (χ2v) is 7.12. The lowest BCUT2D eigenvalue weighted by Gasteiger charge is -2.34. The fraction of sp³-hybridized carbons (Fsp3) is 0.333. The smallest absolute Gasteiger partial charge is 0.238 e. The van der Waals surface area contributed by atoms with E-state index in [-0.39, 0.29) is 37.1 Å². The molecule has 1 fully saturated rings. The molecule has 0 saturated carbocycles. The monoisotopic (exact) mass is 419 g/mol. The van der Waals surface area contributed by atoms with Crippen molar-refractivity contribution in [2.45, 2.75) is 6.42 Å². The van der Waals surface area contributed by atoms with Gasteiger partial charge in [-0.05, 0) is 24.3 Å². The first-order valence-corrected chi connectivity index (χ1v) is 9.82. The van der Waals surface area contributed by atoms with Gasteiger partial charge < -0.3 is 15.0 Å². The van der Waals surface area contributed by atoms with Crippen molar-refractivity contribution in [3.63, 3.8) is 0 Å². The summed E-state index contributed by atoms with van der Waals surface area (Å²) in [6, 6.07) is 13.2. The Morgan fingerprint density at radius 2 is 1.72 bits per heavy atom. The zero-order valence-electron chi connectivity index (χ0n) is 15.9. The predicted molar refractivity (Wildman–Crippen MR) is 110 cm³/mol. The molecule has 8 heteroatoms. The van der Waals surface area contributed by atoms with Crippen molar-refractivity contribution in [2.24, 2.45) is 0 Å². The molecule has 154 valence electrons. The van der Waals surface area contributed by atoms with Gasteiger partial charge in [-0.25, -0.2) is 4.39 Å². The summed E-state index contributed by atoms with van der Waals surface area (Å²) in [7, 11) is 0. The number of carbonyl (C=O) groups is 2. The molecule has 1 heterocycles. The Balaban J connectivity index is 1.37. The summed E-state index contributed by atoms with van der Waals surface area (Å²) in [6.45, 7) is 2.66. The third-order valence-corrected chi connectivity index (χ3v) is 4.98. The van der Waals surface area contributed by atoms with Crippen LogP contribution in [0.3, 0.4) is 0 Å². The first-order chi connectivity index (χ1) is 14.0. The van der Waals surface area contributed by atoms with E-state index in [9.17, 15) is 14.0 Å². The molecule has 1 N–H and O–H groups in total. The minimum absolute atomic E-state index is 0.0403. The van der Waals surface area contributed by atoms with Gasteiger partial charge in [-0.2, -0.15) is 0 Å². The second kappa shape index (κ2) is 10.2. The maximum atomic E-state index is 13.5. The topological polar surface area (TPSA) is 61.9 Å². The van der Waals surface area contributed by atoms with Crippen LogP contribution in [0.25, 0.3) is 0 Å². The zero-order chi connectivity index (χ0) is 20.6. The number of piperazine rings is 1. The van der Waals surface area contributed by atoms with E-state index in [4.69, 9.17) is 16.3 Å². The third kappa shape index (κ3) is 6.17. The molecule has 0 radical (unpaired) electrons. The number of nitrogens with zero attached hydrogens (tertiary/aromatic N) is 2. The van der Waals surface area contributed by atoms with Crippen LogP contribution >= 0.6 is 11.6 Å². The van der Waals surface area contributed by atoms with E-state index in [1.807, 2.05) is 11.0 Å². The average molecular weight is 420 g/mol. The molecule has 3 rings (SSSR count). The average Bonchev–Trinajstić information content (AvgIpc) is 2.71. The summed E-state index contributed by atoms with van der Waals surface area (Å²) < 4.78 is 18.9. The fourth-order valence-electron chi connectivity index (χ4n) is 3.08. The molecule has 2 aromatic carbocycles. The van der Waals surface area contributed by atoms with Gasteiger partial charge in [0.2, 0.25) is 11.8 Å². The van der Waals surface area contributed by atoms with E-state index in [0.29, 0.717) is 36.9 Å². The Kier molecular flexibility index (Phi) is 7.43. The predicted octanol–water partition coefficient (Wildman–Crippen LogP) is 3.03. The summed E-state index contributed by atoms with van der Waals surface area (Å²) >= 11 is 6.05. The number of hydrogen-bond acceptors (Lipinski definition) is 4. The summed E-state index contributed by atoms with van der Waals surface area (Å²) in [5.74, 6) is -0.476. The second-order valence-electron chi connectivity index (χ2n) is 6.71. The summed E-state index contributed by atoms with van der Waals surface area (Å²) in [5, 5.41) is 3.29. The van der Waals surface area contributed by atoms with Crippen LogP contribution in [-0.4, -0.2) is 60.9 Å². The van der Waals surface area contributed by atoms with Gasteiger partial charge in [0.05, 0.1) is 30.3 Å². The molecule has 1 aliphatic rings. The maximum Gasteiger partial charge on any atom is 0.238 e. The number of benzene rings is 2. The molecule has 0 aliphatic carbocycles. The molecule has 0 spiro atoms. The van der Waals surface area contributed by atoms with E-state index < -0.39 is 5.82 Å². The minimum atomic E-state index is -0.441. The minimum Gasteiger partial charge on any atom is -0.490 e. The first kappa shape index (κ1) is 21.1. The lowest BCUT2D eigenvalue weighted by Crippen LogP contribution is -2.50. The molecular formula is C21H23ClFN3O3. The maximum absolute atomic E-state index is 13.5. The van der Waals surface area contributed by atoms with Gasteiger partial charge in [0.15, 0.2) is 11.6 Å². The van der Waals surface area contributed by atoms with E-state index >= 15 is 0 Å². The molecule has 2 amide bonds. The van der Waals surface area contributed by atoms with Crippen molar-refractivity contribution < 1.29 is 18.7 Å². The molecule has 0 bridgehead atoms. The molecule has 0 unspecified atom stereocenters. The Labute approximate surface area is 174 Å².